The van der Waals surface area contributed by atoms with Gasteiger partial charge in [0.25, 0.3) is 0 Å². The minimum absolute atomic E-state index is 0.695. The van der Waals surface area contributed by atoms with Gasteiger partial charge < -0.3 is 4.74 Å². The van der Waals surface area contributed by atoms with Crippen LogP contribution in [-0.4, -0.2) is 29.4 Å². The monoisotopic (exact) mass is 291 g/mol. The number of isothiocyanates is 1. The average molecular weight is 291 g/mol. The quantitative estimate of drug-likeness (QED) is 0.449. The summed E-state index contributed by atoms with van der Waals surface area (Å²) < 4.78 is 6.40. The minimum atomic E-state index is 0.695. The highest BCUT2D eigenvalue weighted by atomic mass is 32.1. The predicted molar refractivity (Wildman–Crippen MR) is 84.8 cm³/mol. The van der Waals surface area contributed by atoms with Crippen molar-refractivity contribution in [2.45, 2.75) is 39.2 Å². The van der Waals surface area contributed by atoms with Crippen LogP contribution in [0.15, 0.2) is 29.4 Å². The number of hydrogen-bond acceptors (Lipinski definition) is 3. The molecule has 1 aliphatic heterocycles. The Morgan fingerprint density at radius 2 is 2.10 bits per heavy atom. The minimum Gasteiger partial charge on any atom is -0.494 e. The van der Waals surface area contributed by atoms with Crippen LogP contribution in [0.25, 0.3) is 0 Å². The Morgan fingerprint density at radius 3 is 2.80 bits per heavy atom. The number of hydrogen-bond donors (Lipinski definition) is 0. The molecule has 108 valence electrons. The summed E-state index contributed by atoms with van der Waals surface area (Å²) in [6.07, 6.45) is 4.76. The van der Waals surface area contributed by atoms with Crippen LogP contribution in [0.1, 0.15) is 38.2 Å². The maximum Gasteiger partial charge on any atom is 0.129 e. The van der Waals surface area contributed by atoms with Crippen molar-refractivity contribution < 1.29 is 9.33 Å². The van der Waals surface area contributed by atoms with Gasteiger partial charge >= 0.3 is 0 Å². The summed E-state index contributed by atoms with van der Waals surface area (Å²) >= 11 is 4.85. The van der Waals surface area contributed by atoms with Crippen molar-refractivity contribution in [2.24, 2.45) is 5.10 Å². The third-order valence-electron chi connectivity index (χ3n) is 3.75. The molecular weight excluding hydrogens is 268 g/mol. The van der Waals surface area contributed by atoms with E-state index in [1.165, 1.54) is 24.8 Å². The predicted octanol–water partition coefficient (Wildman–Crippen LogP) is 3.99. The lowest BCUT2D eigenvalue weighted by Crippen LogP contribution is -2.45. The fraction of sp³-hybridized carbons (Fsp3) is 0.562. The highest BCUT2D eigenvalue weighted by molar-refractivity contribution is 7.78. The van der Waals surface area contributed by atoms with Crippen molar-refractivity contribution in [3.63, 3.8) is 0 Å². The second kappa shape index (κ2) is 7.53. The van der Waals surface area contributed by atoms with Crippen LogP contribution in [0.2, 0.25) is 0 Å². The van der Waals surface area contributed by atoms with Gasteiger partial charge in [-0.1, -0.05) is 19.1 Å². The second-order valence-electron chi connectivity index (χ2n) is 5.45. The Hall–Kier alpha value is -1.22. The van der Waals surface area contributed by atoms with Gasteiger partial charge in [0.05, 0.1) is 6.61 Å². The molecular formula is C16H23N2OS+. The summed E-state index contributed by atoms with van der Waals surface area (Å²) in [4.78, 5) is 0. The number of quaternary nitrogens is 1. The smallest absolute Gasteiger partial charge is 0.129 e. The van der Waals surface area contributed by atoms with Crippen LogP contribution >= 0.6 is 12.2 Å². The summed E-state index contributed by atoms with van der Waals surface area (Å²) in [6, 6.07) is 8.35. The molecule has 1 fully saturated rings. The molecule has 1 aromatic carbocycles. The zero-order valence-electron chi connectivity index (χ0n) is 12.2. The number of rotatable bonds is 6. The molecule has 1 aromatic rings. The van der Waals surface area contributed by atoms with E-state index in [1.807, 2.05) is 6.07 Å². The summed E-state index contributed by atoms with van der Waals surface area (Å²) in [5, 5.41) is 7.06. The Morgan fingerprint density at radius 1 is 1.30 bits per heavy atom. The molecule has 20 heavy (non-hydrogen) atoms. The third-order valence-corrected chi connectivity index (χ3v) is 3.83. The number of thiocarbonyl (C=S) groups is 1. The Kier molecular flexibility index (Phi) is 5.72. The van der Waals surface area contributed by atoms with Gasteiger partial charge in [-0.2, -0.15) is 4.59 Å². The van der Waals surface area contributed by atoms with E-state index in [2.05, 4.69) is 35.4 Å². The zero-order chi connectivity index (χ0) is 14.3. The fourth-order valence-corrected chi connectivity index (χ4v) is 2.95. The number of likely N-dealkylation sites (tertiary alicyclic amines) is 1. The maximum absolute atomic E-state index is 5.70. The fourth-order valence-electron chi connectivity index (χ4n) is 2.77. The van der Waals surface area contributed by atoms with Gasteiger partial charge in [-0.3, -0.25) is 0 Å². The Balaban J connectivity index is 2.11. The Labute approximate surface area is 126 Å². The SMILES string of the molecule is CCCOc1cccc(C[N+]2(N=C=S)CCCCC2)c1. The first-order valence-corrected chi connectivity index (χ1v) is 7.86. The zero-order valence-corrected chi connectivity index (χ0v) is 13.0. The lowest BCUT2D eigenvalue weighted by atomic mass is 10.1. The molecule has 0 aromatic heterocycles. The first-order chi connectivity index (χ1) is 9.78. The molecule has 0 spiro atoms. The summed E-state index contributed by atoms with van der Waals surface area (Å²) in [6.45, 7) is 5.88. The van der Waals surface area contributed by atoms with E-state index in [-0.39, 0.29) is 0 Å². The van der Waals surface area contributed by atoms with E-state index in [4.69, 9.17) is 17.0 Å². The van der Waals surface area contributed by atoms with Crippen molar-refractivity contribution in [2.75, 3.05) is 19.7 Å². The van der Waals surface area contributed by atoms with Crippen LogP contribution in [-0.2, 0) is 6.54 Å². The van der Waals surface area contributed by atoms with Crippen LogP contribution in [0.5, 0.6) is 5.75 Å². The van der Waals surface area contributed by atoms with Gasteiger partial charge in [-0.05, 0) is 55.1 Å². The average Bonchev–Trinajstić information content (AvgIpc) is 2.46. The molecule has 1 saturated heterocycles. The van der Waals surface area contributed by atoms with Gasteiger partial charge in [-0.15, -0.1) is 0 Å². The van der Waals surface area contributed by atoms with E-state index in [0.717, 1.165) is 38.4 Å². The third kappa shape index (κ3) is 4.14. The highest BCUT2D eigenvalue weighted by Gasteiger charge is 2.30. The number of piperidine rings is 1. The molecule has 1 aliphatic rings. The molecule has 4 heteroatoms. The number of ether oxygens (including phenoxy) is 1. The molecule has 0 aliphatic carbocycles. The highest BCUT2D eigenvalue weighted by Crippen LogP contribution is 2.25. The maximum atomic E-state index is 5.70. The van der Waals surface area contributed by atoms with Crippen molar-refractivity contribution in [1.82, 2.24) is 0 Å². The molecule has 2 rings (SSSR count). The molecule has 0 atom stereocenters. The van der Waals surface area contributed by atoms with E-state index in [9.17, 15) is 0 Å². The first kappa shape index (κ1) is 15.2. The van der Waals surface area contributed by atoms with E-state index >= 15 is 0 Å². The van der Waals surface area contributed by atoms with Crippen LogP contribution in [0, 0.1) is 0 Å². The first-order valence-electron chi connectivity index (χ1n) is 7.45. The molecule has 0 radical (unpaired) electrons. The molecule has 3 nitrogen and oxygen atoms in total. The number of nitrogens with zero attached hydrogens (tertiary/aromatic N) is 2. The van der Waals surface area contributed by atoms with Gasteiger partial charge in [0.15, 0.2) is 0 Å². The molecule has 0 unspecified atom stereocenters. The van der Waals surface area contributed by atoms with Crippen molar-refractivity contribution in [1.29, 1.82) is 0 Å². The van der Waals surface area contributed by atoms with Crippen LogP contribution in [0.4, 0.5) is 0 Å². The lowest BCUT2D eigenvalue weighted by Gasteiger charge is -2.34. The van der Waals surface area contributed by atoms with Gasteiger partial charge in [0, 0.05) is 5.56 Å². The normalized spacial score (nSPS) is 17.2. The molecule has 0 N–H and O–H groups in total. The summed E-state index contributed by atoms with van der Waals surface area (Å²) in [5.74, 6) is 0.950. The van der Waals surface area contributed by atoms with Crippen LogP contribution in [0.3, 0.4) is 0 Å². The van der Waals surface area contributed by atoms with Crippen molar-refractivity contribution >= 4 is 17.4 Å². The second-order valence-corrected chi connectivity index (χ2v) is 5.63. The Bertz CT molecular complexity index is 477. The van der Waals surface area contributed by atoms with Gasteiger partial charge in [-0.25, -0.2) is 0 Å². The molecule has 0 saturated carbocycles. The van der Waals surface area contributed by atoms with E-state index in [0.29, 0.717) is 4.59 Å². The van der Waals surface area contributed by atoms with Gasteiger partial charge in [0.1, 0.15) is 30.5 Å². The largest absolute Gasteiger partial charge is 0.494 e. The summed E-state index contributed by atoms with van der Waals surface area (Å²) in [7, 11) is 0. The molecule has 0 bridgehead atoms. The number of benzene rings is 1. The molecule has 1 heterocycles. The van der Waals surface area contributed by atoms with E-state index in [1.54, 1.807) is 0 Å². The van der Waals surface area contributed by atoms with Crippen LogP contribution < -0.4 is 4.74 Å². The topological polar surface area (TPSA) is 21.6 Å². The lowest BCUT2D eigenvalue weighted by molar-refractivity contribution is -0.951. The van der Waals surface area contributed by atoms with E-state index < -0.39 is 0 Å². The molecule has 0 amide bonds. The van der Waals surface area contributed by atoms with Crippen molar-refractivity contribution in [3.8, 4) is 5.75 Å². The van der Waals surface area contributed by atoms with Gasteiger partial charge in [0.2, 0.25) is 0 Å². The van der Waals surface area contributed by atoms with Crippen molar-refractivity contribution in [3.05, 3.63) is 29.8 Å². The summed E-state index contributed by atoms with van der Waals surface area (Å²) in [5.41, 5.74) is 1.26. The standard InChI is InChI=1S/C16H23N2OS/c1-2-11-19-16-8-6-7-15(12-16)13-18(17-14-20)9-4-3-5-10-18/h6-8,12H,2-5,9-11,13H2,1H3/q+1.